The van der Waals surface area contributed by atoms with Crippen molar-refractivity contribution in [3.8, 4) is 11.5 Å². The van der Waals surface area contributed by atoms with Gasteiger partial charge in [-0.3, -0.25) is 0 Å². The molecule has 0 unspecified atom stereocenters. The highest BCUT2D eigenvalue weighted by Gasteiger charge is 2.02. The summed E-state index contributed by atoms with van der Waals surface area (Å²) in [5, 5.41) is 0.932. The van der Waals surface area contributed by atoms with Crippen LogP contribution in [0.1, 0.15) is 9.88 Å². The standard InChI is InChI=1S/C12H14N2O2S/c1-15-9-2-4-10(5-3-9)16-8-12-14-7-11(6-13)17-12/h2-5,7H,6,8,13H2,1H3. The number of aromatic nitrogens is 1. The lowest BCUT2D eigenvalue weighted by molar-refractivity contribution is 0.305. The molecule has 0 spiro atoms. The zero-order valence-corrected chi connectivity index (χ0v) is 10.4. The van der Waals surface area contributed by atoms with E-state index in [1.54, 1.807) is 24.6 Å². The predicted molar refractivity (Wildman–Crippen MR) is 67.3 cm³/mol. The number of thiazole rings is 1. The minimum Gasteiger partial charge on any atom is -0.497 e. The normalized spacial score (nSPS) is 10.2. The van der Waals surface area contributed by atoms with Crippen molar-refractivity contribution in [1.29, 1.82) is 0 Å². The maximum Gasteiger partial charge on any atom is 0.140 e. The zero-order valence-electron chi connectivity index (χ0n) is 9.55. The molecule has 0 amide bonds. The van der Waals surface area contributed by atoms with Gasteiger partial charge in [0.2, 0.25) is 0 Å². The average Bonchev–Trinajstić information content (AvgIpc) is 2.85. The van der Waals surface area contributed by atoms with Crippen LogP contribution in [0.15, 0.2) is 30.5 Å². The summed E-state index contributed by atoms with van der Waals surface area (Å²) >= 11 is 1.57. The first-order valence-corrected chi connectivity index (χ1v) is 6.04. The second-order valence-electron chi connectivity index (χ2n) is 3.39. The van der Waals surface area contributed by atoms with Gasteiger partial charge in [0, 0.05) is 17.6 Å². The van der Waals surface area contributed by atoms with Crippen molar-refractivity contribution in [1.82, 2.24) is 4.98 Å². The van der Waals surface area contributed by atoms with Gasteiger partial charge in [0.05, 0.1) is 7.11 Å². The van der Waals surface area contributed by atoms with E-state index in [1.807, 2.05) is 24.3 Å². The summed E-state index contributed by atoms with van der Waals surface area (Å²) in [7, 11) is 1.64. The van der Waals surface area contributed by atoms with E-state index in [-0.39, 0.29) is 0 Å². The summed E-state index contributed by atoms with van der Waals surface area (Å²) in [4.78, 5) is 5.29. The Morgan fingerprint density at radius 1 is 1.24 bits per heavy atom. The first-order chi connectivity index (χ1) is 8.31. The molecule has 0 aliphatic heterocycles. The first kappa shape index (κ1) is 11.9. The highest BCUT2D eigenvalue weighted by molar-refractivity contribution is 7.11. The smallest absolute Gasteiger partial charge is 0.140 e. The maximum absolute atomic E-state index is 5.60. The summed E-state index contributed by atoms with van der Waals surface area (Å²) in [6.45, 7) is 0.997. The van der Waals surface area contributed by atoms with Gasteiger partial charge in [0.1, 0.15) is 23.1 Å². The Morgan fingerprint density at radius 2 is 1.94 bits per heavy atom. The van der Waals surface area contributed by atoms with Crippen molar-refractivity contribution >= 4 is 11.3 Å². The lowest BCUT2D eigenvalue weighted by Crippen LogP contribution is -1.94. The quantitative estimate of drug-likeness (QED) is 0.883. The molecule has 0 saturated heterocycles. The van der Waals surface area contributed by atoms with Crippen LogP contribution in [0, 0.1) is 0 Å². The average molecular weight is 250 g/mol. The molecule has 0 saturated carbocycles. The Hall–Kier alpha value is -1.59. The summed E-state index contributed by atoms with van der Waals surface area (Å²) in [5.41, 5.74) is 5.52. The van der Waals surface area contributed by atoms with Gasteiger partial charge in [-0.05, 0) is 24.3 Å². The zero-order chi connectivity index (χ0) is 12.1. The number of methoxy groups -OCH3 is 1. The highest BCUT2D eigenvalue weighted by Crippen LogP contribution is 2.19. The third-order valence-corrected chi connectivity index (χ3v) is 3.22. The van der Waals surface area contributed by atoms with Crippen molar-refractivity contribution < 1.29 is 9.47 Å². The van der Waals surface area contributed by atoms with Crippen molar-refractivity contribution in [3.63, 3.8) is 0 Å². The summed E-state index contributed by atoms with van der Waals surface area (Å²) in [6, 6.07) is 7.47. The van der Waals surface area contributed by atoms with E-state index in [4.69, 9.17) is 15.2 Å². The van der Waals surface area contributed by atoms with Crippen LogP contribution in [0.2, 0.25) is 0 Å². The van der Waals surface area contributed by atoms with E-state index in [1.165, 1.54) is 0 Å². The molecule has 1 aromatic heterocycles. The van der Waals surface area contributed by atoms with Crippen LogP contribution in [0.5, 0.6) is 11.5 Å². The van der Waals surface area contributed by atoms with Crippen LogP contribution in [0.3, 0.4) is 0 Å². The fraction of sp³-hybridized carbons (Fsp3) is 0.250. The maximum atomic E-state index is 5.60. The Balaban J connectivity index is 1.92. The molecule has 2 N–H and O–H groups in total. The van der Waals surface area contributed by atoms with Crippen LogP contribution in [-0.4, -0.2) is 12.1 Å². The van der Waals surface area contributed by atoms with E-state index < -0.39 is 0 Å². The van der Waals surface area contributed by atoms with Crippen molar-refractivity contribution in [2.45, 2.75) is 13.2 Å². The molecular formula is C12H14N2O2S. The molecule has 0 aliphatic carbocycles. The van der Waals surface area contributed by atoms with Gasteiger partial charge >= 0.3 is 0 Å². The third-order valence-electron chi connectivity index (χ3n) is 2.22. The van der Waals surface area contributed by atoms with Crippen LogP contribution < -0.4 is 15.2 Å². The molecule has 0 radical (unpaired) electrons. The van der Waals surface area contributed by atoms with Gasteiger partial charge < -0.3 is 15.2 Å². The van der Waals surface area contributed by atoms with Gasteiger partial charge in [-0.1, -0.05) is 0 Å². The van der Waals surface area contributed by atoms with Gasteiger partial charge in [-0.15, -0.1) is 11.3 Å². The van der Waals surface area contributed by atoms with Crippen molar-refractivity contribution in [2.75, 3.05) is 7.11 Å². The van der Waals surface area contributed by atoms with E-state index in [2.05, 4.69) is 4.98 Å². The van der Waals surface area contributed by atoms with Crippen LogP contribution in [0.4, 0.5) is 0 Å². The lowest BCUT2D eigenvalue weighted by Gasteiger charge is -2.04. The molecule has 2 rings (SSSR count). The van der Waals surface area contributed by atoms with Crippen LogP contribution in [0.25, 0.3) is 0 Å². The van der Waals surface area contributed by atoms with E-state index in [0.717, 1.165) is 21.4 Å². The van der Waals surface area contributed by atoms with E-state index in [0.29, 0.717) is 13.2 Å². The highest BCUT2D eigenvalue weighted by atomic mass is 32.1. The Morgan fingerprint density at radius 3 is 2.53 bits per heavy atom. The fourth-order valence-electron chi connectivity index (χ4n) is 1.33. The van der Waals surface area contributed by atoms with Crippen LogP contribution >= 0.6 is 11.3 Å². The number of ether oxygens (including phenoxy) is 2. The molecule has 4 nitrogen and oxygen atoms in total. The third kappa shape index (κ3) is 3.18. The monoisotopic (exact) mass is 250 g/mol. The van der Waals surface area contributed by atoms with Crippen molar-refractivity contribution in [2.24, 2.45) is 5.73 Å². The minimum absolute atomic E-state index is 0.469. The first-order valence-electron chi connectivity index (χ1n) is 5.22. The van der Waals surface area contributed by atoms with Gasteiger partial charge in [0.25, 0.3) is 0 Å². The summed E-state index contributed by atoms with van der Waals surface area (Å²) < 4.78 is 10.7. The van der Waals surface area contributed by atoms with Gasteiger partial charge in [0.15, 0.2) is 0 Å². The number of hydrogen-bond donors (Lipinski definition) is 1. The molecule has 0 aliphatic rings. The predicted octanol–water partition coefficient (Wildman–Crippen LogP) is 2.19. The number of rotatable bonds is 5. The van der Waals surface area contributed by atoms with Gasteiger partial charge in [-0.2, -0.15) is 0 Å². The summed E-state index contributed by atoms with van der Waals surface area (Å²) in [6.07, 6.45) is 1.79. The Labute approximate surface area is 104 Å². The van der Waals surface area contributed by atoms with Crippen LogP contribution in [-0.2, 0) is 13.2 Å². The SMILES string of the molecule is COc1ccc(OCc2ncc(CN)s2)cc1. The molecule has 90 valence electrons. The molecule has 5 heteroatoms. The molecule has 0 atom stereocenters. The van der Waals surface area contributed by atoms with E-state index >= 15 is 0 Å². The molecule has 1 aromatic carbocycles. The largest absolute Gasteiger partial charge is 0.497 e. The Bertz CT molecular complexity index is 468. The number of nitrogens with two attached hydrogens (primary N) is 1. The molecule has 2 aromatic rings. The second kappa shape index (κ2) is 5.65. The number of nitrogens with zero attached hydrogens (tertiary/aromatic N) is 1. The van der Waals surface area contributed by atoms with E-state index in [9.17, 15) is 0 Å². The van der Waals surface area contributed by atoms with Gasteiger partial charge in [-0.25, -0.2) is 4.98 Å². The molecule has 0 bridgehead atoms. The van der Waals surface area contributed by atoms with Crippen molar-refractivity contribution in [3.05, 3.63) is 40.3 Å². The Kier molecular flexibility index (Phi) is 3.95. The minimum atomic E-state index is 0.469. The molecule has 1 heterocycles. The topological polar surface area (TPSA) is 57.4 Å². The number of hydrogen-bond acceptors (Lipinski definition) is 5. The number of benzene rings is 1. The lowest BCUT2D eigenvalue weighted by atomic mass is 10.3. The second-order valence-corrected chi connectivity index (χ2v) is 4.59. The molecule has 17 heavy (non-hydrogen) atoms. The fourth-order valence-corrected chi connectivity index (χ4v) is 2.04. The molecular weight excluding hydrogens is 236 g/mol. The molecule has 0 fully saturated rings. The summed E-state index contributed by atoms with van der Waals surface area (Å²) in [5.74, 6) is 1.62.